The maximum atomic E-state index is 5.44. The number of hydrogen-bond acceptors (Lipinski definition) is 2. The van der Waals surface area contributed by atoms with Crippen molar-refractivity contribution < 1.29 is 9.47 Å². The van der Waals surface area contributed by atoms with Crippen LogP contribution >= 0.6 is 0 Å². The van der Waals surface area contributed by atoms with E-state index in [2.05, 4.69) is 0 Å². The summed E-state index contributed by atoms with van der Waals surface area (Å²) >= 11 is 0. The van der Waals surface area contributed by atoms with Gasteiger partial charge in [0.05, 0.1) is 19.3 Å². The molecule has 1 fully saturated rings. The molecule has 1 unspecified atom stereocenters. The maximum absolute atomic E-state index is 5.44. The third-order valence-corrected chi connectivity index (χ3v) is 1.72. The van der Waals surface area contributed by atoms with Crippen LogP contribution in [0.25, 0.3) is 0 Å². The maximum Gasteiger partial charge on any atom is 0.0808 e. The van der Waals surface area contributed by atoms with Gasteiger partial charge in [-0.15, -0.1) is 0 Å². The fourth-order valence-corrected chi connectivity index (χ4v) is 1.14. The van der Waals surface area contributed by atoms with Gasteiger partial charge in [-0.1, -0.05) is 0 Å². The van der Waals surface area contributed by atoms with E-state index in [0.29, 0.717) is 6.10 Å². The van der Waals surface area contributed by atoms with Crippen LogP contribution in [0.4, 0.5) is 0 Å². The molecule has 1 aliphatic heterocycles. The first-order chi connectivity index (χ1) is 4.93. The second-order valence-corrected chi connectivity index (χ2v) is 2.56. The second kappa shape index (κ2) is 4.69. The van der Waals surface area contributed by atoms with Gasteiger partial charge in [-0.3, -0.25) is 0 Å². The molecule has 59 valence electrons. The molecule has 0 spiro atoms. The highest BCUT2D eigenvalue weighted by Gasteiger charge is 2.12. The van der Waals surface area contributed by atoms with Crippen molar-refractivity contribution in [3.05, 3.63) is 6.61 Å². The third kappa shape index (κ3) is 2.67. The topological polar surface area (TPSA) is 18.5 Å². The van der Waals surface area contributed by atoms with E-state index >= 15 is 0 Å². The monoisotopic (exact) mass is 143 g/mol. The first-order valence-corrected chi connectivity index (χ1v) is 3.94. The Labute approximate surface area is 62.5 Å². The molecule has 2 heteroatoms. The molecule has 1 radical (unpaired) electrons. The van der Waals surface area contributed by atoms with E-state index in [1.807, 2.05) is 6.92 Å². The molecule has 1 heterocycles. The van der Waals surface area contributed by atoms with Gasteiger partial charge < -0.3 is 9.47 Å². The summed E-state index contributed by atoms with van der Waals surface area (Å²) in [5.74, 6) is 0. The van der Waals surface area contributed by atoms with E-state index in [4.69, 9.17) is 9.47 Å². The van der Waals surface area contributed by atoms with Crippen LogP contribution in [-0.2, 0) is 9.47 Å². The molecule has 0 aromatic heterocycles. The SMILES string of the molecule is C[CH]OCC1CCCCO1. The van der Waals surface area contributed by atoms with Crippen LogP contribution in [0, 0.1) is 6.61 Å². The highest BCUT2D eigenvalue weighted by molar-refractivity contribution is 4.62. The van der Waals surface area contributed by atoms with Gasteiger partial charge in [0, 0.05) is 6.61 Å². The Bertz CT molecular complexity index is 77.3. The quantitative estimate of drug-likeness (QED) is 0.599. The van der Waals surface area contributed by atoms with E-state index in [1.165, 1.54) is 12.8 Å². The summed E-state index contributed by atoms with van der Waals surface area (Å²) in [7, 11) is 0. The Morgan fingerprint density at radius 1 is 1.60 bits per heavy atom. The van der Waals surface area contributed by atoms with Crippen LogP contribution in [-0.4, -0.2) is 19.3 Å². The molecular formula is C8H15O2. The van der Waals surface area contributed by atoms with E-state index < -0.39 is 0 Å². The highest BCUT2D eigenvalue weighted by Crippen LogP contribution is 2.12. The van der Waals surface area contributed by atoms with Crippen LogP contribution in [0.3, 0.4) is 0 Å². The lowest BCUT2D eigenvalue weighted by molar-refractivity contribution is -0.0273. The molecule has 1 rings (SSSR count). The third-order valence-electron chi connectivity index (χ3n) is 1.72. The number of hydrogen-bond donors (Lipinski definition) is 0. The summed E-state index contributed by atoms with van der Waals surface area (Å²) in [4.78, 5) is 0. The molecule has 1 aliphatic rings. The van der Waals surface area contributed by atoms with Crippen LogP contribution in [0.1, 0.15) is 26.2 Å². The van der Waals surface area contributed by atoms with E-state index in [9.17, 15) is 0 Å². The molecule has 0 bridgehead atoms. The van der Waals surface area contributed by atoms with Gasteiger partial charge in [-0.05, 0) is 26.2 Å². The van der Waals surface area contributed by atoms with Crippen molar-refractivity contribution in [1.29, 1.82) is 0 Å². The van der Waals surface area contributed by atoms with Crippen LogP contribution < -0.4 is 0 Å². The normalized spacial score (nSPS) is 26.7. The second-order valence-electron chi connectivity index (χ2n) is 2.56. The van der Waals surface area contributed by atoms with E-state index in [-0.39, 0.29) is 0 Å². The largest absolute Gasteiger partial charge is 0.376 e. The zero-order chi connectivity index (χ0) is 7.23. The lowest BCUT2D eigenvalue weighted by atomic mass is 10.1. The predicted molar refractivity (Wildman–Crippen MR) is 39.5 cm³/mol. The lowest BCUT2D eigenvalue weighted by Crippen LogP contribution is -2.23. The molecule has 0 N–H and O–H groups in total. The fourth-order valence-electron chi connectivity index (χ4n) is 1.14. The van der Waals surface area contributed by atoms with Crippen molar-refractivity contribution in [3.63, 3.8) is 0 Å². The number of ether oxygens (including phenoxy) is 2. The summed E-state index contributed by atoms with van der Waals surface area (Å²) in [6.07, 6.45) is 4.02. The van der Waals surface area contributed by atoms with Crippen LogP contribution in [0.15, 0.2) is 0 Å². The number of rotatable bonds is 3. The van der Waals surface area contributed by atoms with Gasteiger partial charge in [0.2, 0.25) is 0 Å². The first-order valence-electron chi connectivity index (χ1n) is 3.94. The summed E-state index contributed by atoms with van der Waals surface area (Å²) in [5, 5.41) is 0. The zero-order valence-electron chi connectivity index (χ0n) is 6.51. The zero-order valence-corrected chi connectivity index (χ0v) is 6.51. The highest BCUT2D eigenvalue weighted by atomic mass is 16.5. The van der Waals surface area contributed by atoms with Gasteiger partial charge in [-0.25, -0.2) is 0 Å². The lowest BCUT2D eigenvalue weighted by Gasteiger charge is -2.21. The minimum atomic E-state index is 0.352. The van der Waals surface area contributed by atoms with Gasteiger partial charge in [0.1, 0.15) is 0 Å². The van der Waals surface area contributed by atoms with Crippen molar-refractivity contribution in [3.8, 4) is 0 Å². The molecule has 2 nitrogen and oxygen atoms in total. The Balaban J connectivity index is 2.02. The molecule has 10 heavy (non-hydrogen) atoms. The van der Waals surface area contributed by atoms with Crippen LogP contribution in [0.2, 0.25) is 0 Å². The minimum absolute atomic E-state index is 0.352. The van der Waals surface area contributed by atoms with Gasteiger partial charge in [-0.2, -0.15) is 0 Å². The molecular weight excluding hydrogens is 128 g/mol. The van der Waals surface area contributed by atoms with E-state index in [1.54, 1.807) is 6.61 Å². The Kier molecular flexibility index (Phi) is 3.76. The Morgan fingerprint density at radius 2 is 2.50 bits per heavy atom. The first kappa shape index (κ1) is 8.02. The average Bonchev–Trinajstić information content (AvgIpc) is 2.03. The van der Waals surface area contributed by atoms with Crippen molar-refractivity contribution in [1.82, 2.24) is 0 Å². The molecule has 1 saturated heterocycles. The summed E-state index contributed by atoms with van der Waals surface area (Å²) in [6.45, 7) is 5.26. The molecule has 0 aromatic carbocycles. The van der Waals surface area contributed by atoms with Crippen molar-refractivity contribution in [2.75, 3.05) is 13.2 Å². The summed E-state index contributed by atoms with van der Waals surface area (Å²) in [6, 6.07) is 0. The standard InChI is InChI=1S/C8H15O2/c1-2-9-7-8-5-3-4-6-10-8/h2,8H,3-7H2,1H3. The molecule has 1 atom stereocenters. The fraction of sp³-hybridized carbons (Fsp3) is 0.875. The summed E-state index contributed by atoms with van der Waals surface area (Å²) in [5.41, 5.74) is 0. The van der Waals surface area contributed by atoms with Crippen molar-refractivity contribution in [2.24, 2.45) is 0 Å². The van der Waals surface area contributed by atoms with Crippen molar-refractivity contribution in [2.45, 2.75) is 32.3 Å². The van der Waals surface area contributed by atoms with Gasteiger partial charge in [0.15, 0.2) is 0 Å². The minimum Gasteiger partial charge on any atom is -0.376 e. The smallest absolute Gasteiger partial charge is 0.0808 e. The summed E-state index contributed by atoms with van der Waals surface area (Å²) < 4.78 is 10.6. The van der Waals surface area contributed by atoms with Gasteiger partial charge in [0.25, 0.3) is 0 Å². The Hall–Kier alpha value is -0.0800. The van der Waals surface area contributed by atoms with Gasteiger partial charge >= 0.3 is 0 Å². The molecule has 0 saturated carbocycles. The van der Waals surface area contributed by atoms with E-state index in [0.717, 1.165) is 19.6 Å². The molecule has 0 aromatic rings. The average molecular weight is 143 g/mol. The predicted octanol–water partition coefficient (Wildman–Crippen LogP) is 1.75. The molecule has 0 aliphatic carbocycles. The van der Waals surface area contributed by atoms with Crippen LogP contribution in [0.5, 0.6) is 0 Å². The molecule has 0 amide bonds. The Morgan fingerprint density at radius 3 is 3.10 bits per heavy atom. The van der Waals surface area contributed by atoms with Crippen molar-refractivity contribution >= 4 is 0 Å².